The van der Waals surface area contributed by atoms with Crippen LogP contribution >= 0.6 is 63.7 Å². The molecule has 2 nitrogen and oxygen atoms in total. The molecule has 0 spiro atoms. The smallest absolute Gasteiger partial charge is 0.110 e. The van der Waals surface area contributed by atoms with E-state index in [-0.39, 0.29) is 24.4 Å². The Labute approximate surface area is 184 Å². The van der Waals surface area contributed by atoms with Gasteiger partial charge in [-0.2, -0.15) is 0 Å². The molecule has 3 heterocycles. The van der Waals surface area contributed by atoms with Crippen molar-refractivity contribution < 1.29 is 9.47 Å². The molecule has 26 heavy (non-hydrogen) atoms. The van der Waals surface area contributed by atoms with Crippen LogP contribution in [0.1, 0.15) is 40.6 Å². The highest BCUT2D eigenvalue weighted by molar-refractivity contribution is 9.13. The Balaban J connectivity index is 1.45. The third kappa shape index (κ3) is 2.15. The van der Waals surface area contributed by atoms with Crippen LogP contribution in [0.25, 0.3) is 6.08 Å². The van der Waals surface area contributed by atoms with E-state index in [2.05, 4.69) is 100 Å². The number of rotatable bonds is 0. The number of hydrogen-bond donors (Lipinski definition) is 0. The highest BCUT2D eigenvalue weighted by Crippen LogP contribution is 2.65. The van der Waals surface area contributed by atoms with Crippen molar-refractivity contribution in [1.82, 2.24) is 0 Å². The van der Waals surface area contributed by atoms with Crippen molar-refractivity contribution in [2.24, 2.45) is 11.8 Å². The molecular formula is C20H12Br4O2. The van der Waals surface area contributed by atoms with Crippen molar-refractivity contribution in [3.8, 4) is 0 Å². The highest BCUT2D eigenvalue weighted by atomic mass is 79.9. The molecule has 6 rings (SSSR count). The number of ether oxygens (including phenoxy) is 2. The van der Waals surface area contributed by atoms with Crippen LogP contribution in [0.2, 0.25) is 0 Å². The monoisotopic (exact) mass is 600 g/mol. The standard InChI is InChI=1S/C20H12Br4O2/c21-12-3-7-1-2-8-16-18-10-5-14(23)15(24)6-11(10)19(26-18)20(16)25-17(8)9(7)4-13(12)22/h1-6,8,16-20H/t8-,16-,17+,18-,19+,20-/m1/s1. The zero-order valence-electron chi connectivity index (χ0n) is 13.3. The third-order valence-electron chi connectivity index (χ3n) is 6.09. The fourth-order valence-electron chi connectivity index (χ4n) is 5.04. The molecule has 0 aromatic heterocycles. The summed E-state index contributed by atoms with van der Waals surface area (Å²) in [6.07, 6.45) is 4.94. The minimum atomic E-state index is 0.0331. The van der Waals surface area contributed by atoms with Gasteiger partial charge in [-0.3, -0.25) is 0 Å². The molecule has 0 radical (unpaired) electrons. The van der Waals surface area contributed by atoms with Crippen molar-refractivity contribution in [1.29, 1.82) is 0 Å². The molecule has 6 heteroatoms. The summed E-state index contributed by atoms with van der Waals surface area (Å²) in [5.74, 6) is 0.726. The lowest BCUT2D eigenvalue weighted by Crippen LogP contribution is -2.26. The summed E-state index contributed by atoms with van der Waals surface area (Å²) in [6, 6.07) is 8.76. The Hall–Kier alpha value is 0.0200. The molecule has 0 N–H and O–H groups in total. The van der Waals surface area contributed by atoms with E-state index >= 15 is 0 Å². The first kappa shape index (κ1) is 16.9. The highest BCUT2D eigenvalue weighted by Gasteiger charge is 2.61. The fourth-order valence-corrected chi connectivity index (χ4v) is 6.48. The molecule has 2 aromatic carbocycles. The minimum absolute atomic E-state index is 0.0331. The second-order valence-electron chi connectivity index (χ2n) is 7.30. The SMILES string of the molecule is Brc1cc2c(cc1Br)[C@H]1O[C@@H]3[C@H]([C@H]1C=C2)[C@@H]1O[C@H]3c2cc(Br)c(Br)cc21. The van der Waals surface area contributed by atoms with Gasteiger partial charge < -0.3 is 9.47 Å². The van der Waals surface area contributed by atoms with Gasteiger partial charge in [-0.1, -0.05) is 12.2 Å². The summed E-state index contributed by atoms with van der Waals surface area (Å²) in [7, 11) is 0. The third-order valence-corrected chi connectivity index (χ3v) is 9.78. The number of fused-ring (bicyclic) bond motifs is 12. The molecule has 6 atom stereocenters. The molecule has 0 saturated carbocycles. The van der Waals surface area contributed by atoms with E-state index in [0.717, 1.165) is 17.9 Å². The van der Waals surface area contributed by atoms with Gasteiger partial charge in [-0.25, -0.2) is 0 Å². The predicted octanol–water partition coefficient (Wildman–Crippen LogP) is 7.26. The normalized spacial score (nSPS) is 35.2. The van der Waals surface area contributed by atoms with Crippen LogP contribution in [0.15, 0.2) is 48.2 Å². The lowest BCUT2D eigenvalue weighted by molar-refractivity contribution is -0.0396. The van der Waals surface area contributed by atoms with Gasteiger partial charge in [0.05, 0.1) is 18.3 Å². The molecule has 2 fully saturated rings. The van der Waals surface area contributed by atoms with E-state index in [9.17, 15) is 0 Å². The van der Waals surface area contributed by atoms with Gasteiger partial charge in [-0.15, -0.1) is 0 Å². The van der Waals surface area contributed by atoms with Gasteiger partial charge in [0.2, 0.25) is 0 Å². The zero-order chi connectivity index (χ0) is 17.7. The molecule has 3 aliphatic heterocycles. The summed E-state index contributed by atoms with van der Waals surface area (Å²) in [5.41, 5.74) is 5.09. The average molecular weight is 604 g/mol. The summed E-state index contributed by atoms with van der Waals surface area (Å²) >= 11 is 14.5. The van der Waals surface area contributed by atoms with Gasteiger partial charge in [0.25, 0.3) is 0 Å². The molecule has 0 amide bonds. The van der Waals surface area contributed by atoms with E-state index in [0.29, 0.717) is 11.8 Å². The van der Waals surface area contributed by atoms with E-state index in [1.54, 1.807) is 0 Å². The molecule has 2 bridgehead atoms. The fraction of sp³-hybridized carbons (Fsp3) is 0.300. The van der Waals surface area contributed by atoms with Crippen LogP contribution < -0.4 is 0 Å². The van der Waals surface area contributed by atoms with Crippen molar-refractivity contribution in [2.45, 2.75) is 24.4 Å². The minimum Gasteiger partial charge on any atom is -0.366 e. The van der Waals surface area contributed by atoms with Gasteiger partial charge in [-0.05, 0) is 110 Å². The van der Waals surface area contributed by atoms with E-state index < -0.39 is 0 Å². The van der Waals surface area contributed by atoms with Gasteiger partial charge in [0.15, 0.2) is 0 Å². The first-order valence-corrected chi connectivity index (χ1v) is 11.7. The van der Waals surface area contributed by atoms with Gasteiger partial charge >= 0.3 is 0 Å². The van der Waals surface area contributed by atoms with Gasteiger partial charge in [0, 0.05) is 29.7 Å². The summed E-state index contributed by atoms with van der Waals surface area (Å²) < 4.78 is 17.3. The Morgan fingerprint density at radius 3 is 2.00 bits per heavy atom. The average Bonchev–Trinajstić information content (AvgIpc) is 3.25. The number of hydrogen-bond acceptors (Lipinski definition) is 2. The topological polar surface area (TPSA) is 18.5 Å². The molecule has 4 aliphatic rings. The van der Waals surface area contributed by atoms with E-state index in [1.807, 2.05) is 0 Å². The maximum Gasteiger partial charge on any atom is 0.110 e. The molecule has 2 aromatic rings. The molecular weight excluding hydrogens is 592 g/mol. The molecule has 0 unspecified atom stereocenters. The van der Waals surface area contributed by atoms with Crippen LogP contribution in [-0.4, -0.2) is 6.10 Å². The molecule has 2 saturated heterocycles. The molecule has 1 aliphatic carbocycles. The zero-order valence-corrected chi connectivity index (χ0v) is 19.6. The van der Waals surface area contributed by atoms with Crippen LogP contribution in [-0.2, 0) is 9.47 Å². The first-order chi connectivity index (χ1) is 12.5. The van der Waals surface area contributed by atoms with Crippen molar-refractivity contribution in [3.63, 3.8) is 0 Å². The lowest BCUT2D eigenvalue weighted by atomic mass is 9.73. The lowest BCUT2D eigenvalue weighted by Gasteiger charge is -2.28. The second kappa shape index (κ2) is 5.77. The Kier molecular flexibility index (Phi) is 3.76. The summed E-state index contributed by atoms with van der Waals surface area (Å²) in [5, 5.41) is 0. The van der Waals surface area contributed by atoms with E-state index in [4.69, 9.17) is 9.47 Å². The van der Waals surface area contributed by atoms with E-state index in [1.165, 1.54) is 22.3 Å². The number of halogens is 4. The first-order valence-electron chi connectivity index (χ1n) is 8.50. The Morgan fingerprint density at radius 1 is 0.654 bits per heavy atom. The Morgan fingerprint density at radius 2 is 1.27 bits per heavy atom. The maximum atomic E-state index is 6.63. The van der Waals surface area contributed by atoms with Crippen LogP contribution in [0.5, 0.6) is 0 Å². The largest absolute Gasteiger partial charge is 0.366 e. The van der Waals surface area contributed by atoms with Crippen molar-refractivity contribution in [2.75, 3.05) is 0 Å². The maximum absolute atomic E-state index is 6.63. The summed E-state index contributed by atoms with van der Waals surface area (Å²) in [6.45, 7) is 0. The van der Waals surface area contributed by atoms with Crippen LogP contribution in [0, 0.1) is 11.8 Å². The van der Waals surface area contributed by atoms with Crippen molar-refractivity contribution >= 4 is 69.8 Å². The van der Waals surface area contributed by atoms with Crippen LogP contribution in [0.3, 0.4) is 0 Å². The quantitative estimate of drug-likeness (QED) is 0.316. The molecule has 132 valence electrons. The summed E-state index contributed by atoms with van der Waals surface area (Å²) in [4.78, 5) is 0. The van der Waals surface area contributed by atoms with Gasteiger partial charge in [0.1, 0.15) is 6.10 Å². The van der Waals surface area contributed by atoms with Crippen molar-refractivity contribution in [3.05, 3.63) is 70.5 Å². The number of benzene rings is 2. The predicted molar refractivity (Wildman–Crippen MR) is 114 cm³/mol. The second-order valence-corrected chi connectivity index (χ2v) is 10.7. The Bertz CT molecular complexity index is 1000. The van der Waals surface area contributed by atoms with Crippen LogP contribution in [0.4, 0.5) is 0 Å².